The molecule has 1 aromatic heterocycles. The van der Waals surface area contributed by atoms with Crippen LogP contribution in [-0.4, -0.2) is 21.4 Å². The number of hydrazone groups is 1. The molecule has 0 saturated heterocycles. The van der Waals surface area contributed by atoms with Crippen LogP contribution in [-0.2, 0) is 11.8 Å². The Morgan fingerprint density at radius 2 is 1.64 bits per heavy atom. The first-order valence-electron chi connectivity index (χ1n) is 7.87. The van der Waals surface area contributed by atoms with E-state index in [9.17, 15) is 4.79 Å². The third-order valence-electron chi connectivity index (χ3n) is 3.52. The van der Waals surface area contributed by atoms with Crippen molar-refractivity contribution in [1.29, 1.82) is 0 Å². The summed E-state index contributed by atoms with van der Waals surface area (Å²) >= 11 is 0. The van der Waals surface area contributed by atoms with Crippen molar-refractivity contribution >= 4 is 17.7 Å². The molecule has 0 unspecified atom stereocenters. The second-order valence-electron chi connectivity index (χ2n) is 5.45. The number of hydrogen-bond acceptors (Lipinski definition) is 3. The smallest absolute Gasteiger partial charge is 0.264 e. The highest BCUT2D eigenvalue weighted by Gasteiger charge is 2.07. The van der Waals surface area contributed by atoms with E-state index in [1.165, 1.54) is 6.08 Å². The molecule has 1 heterocycles. The Kier molecular flexibility index (Phi) is 5.16. The Morgan fingerprint density at radius 3 is 2.16 bits per heavy atom. The lowest BCUT2D eigenvalue weighted by molar-refractivity contribution is -0.116. The molecule has 0 aliphatic heterocycles. The molecule has 3 aromatic rings. The molecule has 25 heavy (non-hydrogen) atoms. The highest BCUT2D eigenvalue weighted by atomic mass is 16.2. The van der Waals surface area contributed by atoms with Gasteiger partial charge < -0.3 is 0 Å². The largest absolute Gasteiger partial charge is 0.275 e. The van der Waals surface area contributed by atoms with Crippen LogP contribution in [0.15, 0.2) is 84.2 Å². The molecular weight excluding hydrogens is 312 g/mol. The van der Waals surface area contributed by atoms with Crippen LogP contribution in [0.2, 0.25) is 0 Å². The fraction of sp³-hybridized carbons (Fsp3) is 0.0500. The topological polar surface area (TPSA) is 59.3 Å². The average molecular weight is 330 g/mol. The first-order valence-corrected chi connectivity index (χ1v) is 7.87. The van der Waals surface area contributed by atoms with Crippen molar-refractivity contribution < 1.29 is 4.79 Å². The minimum Gasteiger partial charge on any atom is -0.275 e. The number of carbonyl (C=O) groups is 1. The van der Waals surface area contributed by atoms with Gasteiger partial charge in [0.15, 0.2) is 0 Å². The Hall–Kier alpha value is -3.47. The molecule has 1 N–H and O–H groups in total. The molecule has 0 fully saturated rings. The molecule has 0 bridgehead atoms. The summed E-state index contributed by atoms with van der Waals surface area (Å²) in [5, 5.41) is 8.38. The number of amides is 1. The lowest BCUT2D eigenvalue weighted by atomic mass is 10.0. The van der Waals surface area contributed by atoms with Gasteiger partial charge in [-0.05, 0) is 6.08 Å². The van der Waals surface area contributed by atoms with Gasteiger partial charge in [-0.3, -0.25) is 9.48 Å². The first kappa shape index (κ1) is 16.4. The quantitative estimate of drug-likeness (QED) is 0.444. The molecule has 0 atom stereocenters. The third kappa shape index (κ3) is 4.51. The molecule has 5 heteroatoms. The van der Waals surface area contributed by atoms with Crippen LogP contribution >= 0.6 is 0 Å². The first-order chi connectivity index (χ1) is 12.2. The number of carbonyl (C=O) groups excluding carboxylic acids is 1. The molecule has 3 rings (SSSR count). The van der Waals surface area contributed by atoms with Crippen molar-refractivity contribution in [3.05, 3.63) is 95.8 Å². The molecule has 0 radical (unpaired) electrons. The maximum Gasteiger partial charge on any atom is 0.264 e. The molecule has 2 aromatic carbocycles. The number of nitrogens with one attached hydrogen (secondary N) is 1. The molecule has 0 spiro atoms. The number of aromatic nitrogens is 2. The van der Waals surface area contributed by atoms with E-state index < -0.39 is 0 Å². The molecular formula is C20H18N4O. The molecule has 124 valence electrons. The summed E-state index contributed by atoms with van der Waals surface area (Å²) in [7, 11) is 1.83. The highest BCUT2D eigenvalue weighted by Crippen LogP contribution is 2.10. The lowest BCUT2D eigenvalue weighted by Crippen LogP contribution is -2.18. The maximum absolute atomic E-state index is 12.1. The molecule has 5 nitrogen and oxygen atoms in total. The number of hydrogen-bond donors (Lipinski definition) is 1. The minimum absolute atomic E-state index is 0.298. The van der Waals surface area contributed by atoms with E-state index in [0.717, 1.165) is 16.7 Å². The Balaban J connectivity index is 1.79. The Bertz CT molecular complexity index is 854. The van der Waals surface area contributed by atoms with Crippen LogP contribution in [0.4, 0.5) is 0 Å². The van der Waals surface area contributed by atoms with E-state index in [-0.39, 0.29) is 5.91 Å². The van der Waals surface area contributed by atoms with Crippen LogP contribution in [0.1, 0.15) is 16.7 Å². The van der Waals surface area contributed by atoms with Crippen molar-refractivity contribution in [2.24, 2.45) is 12.1 Å². The second-order valence-corrected chi connectivity index (χ2v) is 5.45. The summed E-state index contributed by atoms with van der Waals surface area (Å²) in [4.78, 5) is 12.1. The van der Waals surface area contributed by atoms with E-state index >= 15 is 0 Å². The maximum atomic E-state index is 12.1. The van der Waals surface area contributed by atoms with Gasteiger partial charge in [-0.2, -0.15) is 10.2 Å². The summed E-state index contributed by atoms with van der Waals surface area (Å²) in [6, 6.07) is 19.5. The van der Waals surface area contributed by atoms with E-state index in [1.807, 2.05) is 73.9 Å². The van der Waals surface area contributed by atoms with Gasteiger partial charge in [-0.15, -0.1) is 0 Å². The zero-order valence-corrected chi connectivity index (χ0v) is 13.8. The SMILES string of the molecule is Cn1cc(/C=C\C(=O)NN=C(c2ccccc2)c2ccccc2)cn1. The van der Waals surface area contributed by atoms with Gasteiger partial charge in [-0.25, -0.2) is 5.43 Å². The molecule has 0 aliphatic carbocycles. The van der Waals surface area contributed by atoms with E-state index in [2.05, 4.69) is 15.6 Å². The Morgan fingerprint density at radius 1 is 1.04 bits per heavy atom. The lowest BCUT2D eigenvalue weighted by Gasteiger charge is -2.07. The van der Waals surface area contributed by atoms with Gasteiger partial charge in [0.25, 0.3) is 5.91 Å². The number of rotatable bonds is 5. The van der Waals surface area contributed by atoms with Gasteiger partial charge in [0.2, 0.25) is 0 Å². The summed E-state index contributed by atoms with van der Waals surface area (Å²) in [6.07, 6.45) is 6.65. The van der Waals surface area contributed by atoms with Crippen LogP contribution < -0.4 is 5.43 Å². The zero-order chi connectivity index (χ0) is 17.5. The standard InChI is InChI=1S/C20H18N4O/c1-24-15-16(14-21-24)12-13-19(25)22-23-20(17-8-4-2-5-9-17)18-10-6-3-7-11-18/h2-15H,1H3,(H,22,25)/b13-12-. The average Bonchev–Trinajstić information content (AvgIpc) is 3.07. The van der Waals surface area contributed by atoms with E-state index in [0.29, 0.717) is 5.71 Å². The number of nitrogens with zero attached hydrogens (tertiary/aromatic N) is 3. The van der Waals surface area contributed by atoms with Gasteiger partial charge in [-0.1, -0.05) is 60.7 Å². The van der Waals surface area contributed by atoms with Crippen molar-refractivity contribution in [1.82, 2.24) is 15.2 Å². The van der Waals surface area contributed by atoms with Crippen molar-refractivity contribution in [2.45, 2.75) is 0 Å². The number of benzene rings is 2. The summed E-state index contributed by atoms with van der Waals surface area (Å²) in [5.74, 6) is -0.298. The van der Waals surface area contributed by atoms with Crippen molar-refractivity contribution in [3.8, 4) is 0 Å². The molecule has 1 amide bonds. The second kappa shape index (κ2) is 7.88. The zero-order valence-electron chi connectivity index (χ0n) is 13.8. The highest BCUT2D eigenvalue weighted by molar-refractivity contribution is 6.13. The minimum atomic E-state index is -0.298. The Labute approximate surface area is 146 Å². The van der Waals surface area contributed by atoms with Crippen LogP contribution in [0.5, 0.6) is 0 Å². The van der Waals surface area contributed by atoms with Gasteiger partial charge in [0.1, 0.15) is 0 Å². The molecule has 0 saturated carbocycles. The number of aryl methyl sites for hydroxylation is 1. The molecule has 0 aliphatic rings. The monoisotopic (exact) mass is 330 g/mol. The predicted molar refractivity (Wildman–Crippen MR) is 98.9 cm³/mol. The van der Waals surface area contributed by atoms with Crippen LogP contribution in [0, 0.1) is 0 Å². The van der Waals surface area contributed by atoms with Crippen molar-refractivity contribution in [2.75, 3.05) is 0 Å². The van der Waals surface area contributed by atoms with Gasteiger partial charge >= 0.3 is 0 Å². The summed E-state index contributed by atoms with van der Waals surface area (Å²) < 4.78 is 1.68. The summed E-state index contributed by atoms with van der Waals surface area (Å²) in [5.41, 5.74) is 6.03. The van der Waals surface area contributed by atoms with E-state index in [1.54, 1.807) is 17.0 Å². The van der Waals surface area contributed by atoms with Crippen LogP contribution in [0.25, 0.3) is 6.08 Å². The van der Waals surface area contributed by atoms with E-state index in [4.69, 9.17) is 0 Å². The predicted octanol–water partition coefficient (Wildman–Crippen LogP) is 3.00. The van der Waals surface area contributed by atoms with Crippen molar-refractivity contribution in [3.63, 3.8) is 0 Å². The normalized spacial score (nSPS) is 10.6. The fourth-order valence-corrected chi connectivity index (χ4v) is 2.33. The summed E-state index contributed by atoms with van der Waals surface area (Å²) in [6.45, 7) is 0. The van der Waals surface area contributed by atoms with Gasteiger partial charge in [0.05, 0.1) is 11.9 Å². The van der Waals surface area contributed by atoms with Crippen LogP contribution in [0.3, 0.4) is 0 Å². The third-order valence-corrected chi connectivity index (χ3v) is 3.52. The fourth-order valence-electron chi connectivity index (χ4n) is 2.33. The van der Waals surface area contributed by atoms with Gasteiger partial charge in [0, 0.05) is 36.0 Å².